The number of aliphatic hydroxyl groups is 1. The number of benzene rings is 1. The largest absolute Gasteiger partial charge is 0.388 e. The molecule has 0 radical (unpaired) electrons. The molecule has 0 saturated heterocycles. The van der Waals surface area contributed by atoms with Gasteiger partial charge in [0.15, 0.2) is 0 Å². The molecule has 6 heteroatoms. The standard InChI is InChI=1S/C13H13Br2ClN2O/c1-7-12(15)10(18(2)17-7)6-11(19)8-4-3-5-9(14)13(8)16/h3-5,11,19H,6H2,1-2H3. The second-order valence-corrected chi connectivity index (χ2v) is 6.36. The molecule has 0 aliphatic carbocycles. The maximum atomic E-state index is 10.4. The first-order valence-corrected chi connectivity index (χ1v) is 7.68. The van der Waals surface area contributed by atoms with Crippen LogP contribution >= 0.6 is 43.5 Å². The van der Waals surface area contributed by atoms with Crippen LogP contribution in [0.25, 0.3) is 0 Å². The van der Waals surface area contributed by atoms with Crippen molar-refractivity contribution in [2.24, 2.45) is 7.05 Å². The molecule has 0 fully saturated rings. The molecular formula is C13H13Br2ClN2O. The molecule has 19 heavy (non-hydrogen) atoms. The van der Waals surface area contributed by atoms with E-state index >= 15 is 0 Å². The van der Waals surface area contributed by atoms with Crippen LogP contribution in [-0.2, 0) is 13.5 Å². The highest BCUT2D eigenvalue weighted by molar-refractivity contribution is 9.10. The van der Waals surface area contributed by atoms with Gasteiger partial charge in [-0.15, -0.1) is 0 Å². The van der Waals surface area contributed by atoms with Gasteiger partial charge in [0.05, 0.1) is 27.0 Å². The van der Waals surface area contributed by atoms with E-state index in [2.05, 4.69) is 37.0 Å². The van der Waals surface area contributed by atoms with Gasteiger partial charge in [0, 0.05) is 23.5 Å². The topological polar surface area (TPSA) is 38.0 Å². The molecule has 102 valence electrons. The normalized spacial score (nSPS) is 12.7. The van der Waals surface area contributed by atoms with E-state index in [0.29, 0.717) is 17.0 Å². The van der Waals surface area contributed by atoms with E-state index in [-0.39, 0.29) is 0 Å². The smallest absolute Gasteiger partial charge is 0.0860 e. The lowest BCUT2D eigenvalue weighted by atomic mass is 10.0. The summed E-state index contributed by atoms with van der Waals surface area (Å²) in [5, 5.41) is 15.2. The summed E-state index contributed by atoms with van der Waals surface area (Å²) in [7, 11) is 1.86. The first-order chi connectivity index (χ1) is 8.91. The van der Waals surface area contributed by atoms with Crippen LogP contribution in [0.15, 0.2) is 27.1 Å². The lowest BCUT2D eigenvalue weighted by molar-refractivity contribution is 0.175. The Labute approximate surface area is 133 Å². The molecule has 1 unspecified atom stereocenters. The fourth-order valence-electron chi connectivity index (χ4n) is 1.97. The molecule has 1 N–H and O–H groups in total. The Hall–Kier alpha value is -0.360. The zero-order chi connectivity index (χ0) is 14.2. The highest BCUT2D eigenvalue weighted by atomic mass is 79.9. The van der Waals surface area contributed by atoms with Crippen molar-refractivity contribution in [2.45, 2.75) is 19.4 Å². The summed E-state index contributed by atoms with van der Waals surface area (Å²) in [6.07, 6.45) is -0.218. The van der Waals surface area contributed by atoms with Crippen LogP contribution in [0.2, 0.25) is 5.02 Å². The predicted octanol–water partition coefficient (Wildman–Crippen LogP) is 4.18. The van der Waals surface area contributed by atoms with Crippen molar-refractivity contribution in [2.75, 3.05) is 0 Å². The first-order valence-electron chi connectivity index (χ1n) is 5.71. The summed E-state index contributed by atoms with van der Waals surface area (Å²) in [5.41, 5.74) is 2.56. The zero-order valence-electron chi connectivity index (χ0n) is 10.5. The van der Waals surface area contributed by atoms with Crippen LogP contribution in [0.4, 0.5) is 0 Å². The Morgan fingerprint density at radius 1 is 1.42 bits per heavy atom. The minimum Gasteiger partial charge on any atom is -0.388 e. The molecule has 1 aromatic heterocycles. The predicted molar refractivity (Wildman–Crippen MR) is 83.5 cm³/mol. The minimum atomic E-state index is -0.670. The van der Waals surface area contributed by atoms with Gasteiger partial charge in [-0.25, -0.2) is 0 Å². The van der Waals surface area contributed by atoms with Gasteiger partial charge in [-0.3, -0.25) is 4.68 Å². The van der Waals surface area contributed by atoms with Gasteiger partial charge in [0.25, 0.3) is 0 Å². The molecule has 0 aliphatic rings. The molecular weight excluding hydrogens is 395 g/mol. The maximum Gasteiger partial charge on any atom is 0.0860 e. The molecule has 0 aliphatic heterocycles. The molecule has 2 aromatic rings. The number of nitrogens with zero attached hydrogens (tertiary/aromatic N) is 2. The molecule has 1 heterocycles. The van der Waals surface area contributed by atoms with E-state index in [1.807, 2.05) is 32.2 Å². The summed E-state index contributed by atoms with van der Waals surface area (Å²) >= 11 is 13.1. The molecule has 1 atom stereocenters. The Bertz CT molecular complexity index is 613. The molecule has 1 aromatic carbocycles. The van der Waals surface area contributed by atoms with Gasteiger partial charge in [-0.2, -0.15) is 5.10 Å². The number of rotatable bonds is 3. The van der Waals surface area contributed by atoms with E-state index in [1.165, 1.54) is 0 Å². The van der Waals surface area contributed by atoms with Crippen molar-refractivity contribution in [1.29, 1.82) is 0 Å². The molecule has 0 bridgehead atoms. The summed E-state index contributed by atoms with van der Waals surface area (Å²) in [4.78, 5) is 0. The van der Waals surface area contributed by atoms with Crippen LogP contribution in [0.3, 0.4) is 0 Å². The van der Waals surface area contributed by atoms with Crippen LogP contribution in [0.1, 0.15) is 23.1 Å². The lowest BCUT2D eigenvalue weighted by Crippen LogP contribution is -2.07. The van der Waals surface area contributed by atoms with Gasteiger partial charge < -0.3 is 5.11 Å². The highest BCUT2D eigenvalue weighted by Crippen LogP contribution is 2.33. The summed E-state index contributed by atoms with van der Waals surface area (Å²) in [5.74, 6) is 0. The van der Waals surface area contributed by atoms with Crippen molar-refractivity contribution in [3.05, 3.63) is 49.1 Å². The number of hydrogen-bond donors (Lipinski definition) is 1. The van der Waals surface area contributed by atoms with E-state index in [0.717, 1.165) is 20.3 Å². The van der Waals surface area contributed by atoms with E-state index < -0.39 is 6.10 Å². The third-order valence-corrected chi connectivity index (χ3v) is 5.33. The van der Waals surface area contributed by atoms with E-state index in [1.54, 1.807) is 4.68 Å². The molecule has 3 nitrogen and oxygen atoms in total. The molecule has 0 saturated carbocycles. The Morgan fingerprint density at radius 3 is 2.68 bits per heavy atom. The van der Waals surface area contributed by atoms with E-state index in [4.69, 9.17) is 11.6 Å². The van der Waals surface area contributed by atoms with Crippen molar-refractivity contribution in [1.82, 2.24) is 9.78 Å². The van der Waals surface area contributed by atoms with Crippen molar-refractivity contribution in [3.63, 3.8) is 0 Å². The van der Waals surface area contributed by atoms with Crippen LogP contribution in [0.5, 0.6) is 0 Å². The average Bonchev–Trinajstić information content (AvgIpc) is 2.59. The van der Waals surface area contributed by atoms with Crippen LogP contribution in [-0.4, -0.2) is 14.9 Å². The summed E-state index contributed by atoms with van der Waals surface area (Å²) in [6, 6.07) is 5.54. The van der Waals surface area contributed by atoms with Crippen molar-refractivity contribution in [3.8, 4) is 0 Å². The van der Waals surface area contributed by atoms with Gasteiger partial charge in [0.1, 0.15) is 0 Å². The lowest BCUT2D eigenvalue weighted by Gasteiger charge is -2.14. The fraction of sp³-hybridized carbons (Fsp3) is 0.308. The molecule has 2 rings (SSSR count). The summed E-state index contributed by atoms with van der Waals surface area (Å²) < 4.78 is 3.49. The van der Waals surface area contributed by atoms with Crippen LogP contribution < -0.4 is 0 Å². The molecule has 0 amide bonds. The maximum absolute atomic E-state index is 10.4. The average molecular weight is 409 g/mol. The van der Waals surface area contributed by atoms with Crippen LogP contribution in [0, 0.1) is 6.92 Å². The minimum absolute atomic E-state index is 0.452. The second-order valence-electron chi connectivity index (χ2n) is 4.33. The number of aromatic nitrogens is 2. The molecule has 0 spiro atoms. The number of aryl methyl sites for hydroxylation is 2. The first kappa shape index (κ1) is 15.0. The highest BCUT2D eigenvalue weighted by Gasteiger charge is 2.19. The van der Waals surface area contributed by atoms with Gasteiger partial charge >= 0.3 is 0 Å². The van der Waals surface area contributed by atoms with Gasteiger partial charge in [-0.05, 0) is 44.8 Å². The Kier molecular flexibility index (Phi) is 4.71. The third-order valence-electron chi connectivity index (χ3n) is 2.99. The Balaban J connectivity index is 2.31. The quantitative estimate of drug-likeness (QED) is 0.827. The number of halogens is 3. The summed E-state index contributed by atoms with van der Waals surface area (Å²) in [6.45, 7) is 1.92. The van der Waals surface area contributed by atoms with Gasteiger partial charge in [0.2, 0.25) is 0 Å². The van der Waals surface area contributed by atoms with Gasteiger partial charge in [-0.1, -0.05) is 23.7 Å². The number of aliphatic hydroxyl groups excluding tert-OH is 1. The van der Waals surface area contributed by atoms with Crippen molar-refractivity contribution < 1.29 is 5.11 Å². The second kappa shape index (κ2) is 5.95. The fourth-order valence-corrected chi connectivity index (χ4v) is 3.10. The zero-order valence-corrected chi connectivity index (χ0v) is 14.4. The SMILES string of the molecule is Cc1nn(C)c(CC(O)c2cccc(Br)c2Cl)c1Br. The van der Waals surface area contributed by atoms with Crippen molar-refractivity contribution >= 4 is 43.5 Å². The van der Waals surface area contributed by atoms with E-state index in [9.17, 15) is 5.11 Å². The monoisotopic (exact) mass is 406 g/mol. The Morgan fingerprint density at radius 2 is 2.11 bits per heavy atom. The third kappa shape index (κ3) is 3.05. The number of hydrogen-bond acceptors (Lipinski definition) is 2.